The first-order valence-corrected chi connectivity index (χ1v) is 10.3. The molecule has 1 heterocycles. The van der Waals surface area contributed by atoms with E-state index in [0.29, 0.717) is 16.3 Å². The smallest absolute Gasteiger partial charge is 0.258 e. The Balaban J connectivity index is 1.82. The van der Waals surface area contributed by atoms with E-state index in [4.69, 9.17) is 42.9 Å². The third kappa shape index (κ3) is 5.65. The van der Waals surface area contributed by atoms with Crippen molar-refractivity contribution in [2.45, 2.75) is 39.0 Å². The number of nitrogens with zero attached hydrogens (tertiary/aromatic N) is 2. The number of aliphatic hydroxyl groups is 1. The van der Waals surface area contributed by atoms with Crippen molar-refractivity contribution in [1.29, 1.82) is 0 Å². The van der Waals surface area contributed by atoms with E-state index >= 15 is 0 Å². The van der Waals surface area contributed by atoms with Gasteiger partial charge in [-0.25, -0.2) is 4.39 Å². The van der Waals surface area contributed by atoms with Gasteiger partial charge in [-0.1, -0.05) is 28.4 Å². The van der Waals surface area contributed by atoms with Gasteiger partial charge in [0.25, 0.3) is 5.89 Å². The Labute approximate surface area is 188 Å². The van der Waals surface area contributed by atoms with Crippen LogP contribution in [0.3, 0.4) is 0 Å². The van der Waals surface area contributed by atoms with Crippen molar-refractivity contribution in [1.82, 2.24) is 10.1 Å². The van der Waals surface area contributed by atoms with Crippen LogP contribution in [0.25, 0.3) is 22.8 Å². The maximum Gasteiger partial charge on any atom is 0.258 e. The zero-order valence-corrected chi connectivity index (χ0v) is 18.6. The summed E-state index contributed by atoms with van der Waals surface area (Å²) in [7, 11) is 0. The van der Waals surface area contributed by atoms with Crippen LogP contribution in [0.1, 0.15) is 20.8 Å². The molecule has 0 aliphatic carbocycles. The van der Waals surface area contributed by atoms with E-state index in [1.165, 1.54) is 13.0 Å². The predicted molar refractivity (Wildman–Crippen MR) is 116 cm³/mol. The van der Waals surface area contributed by atoms with Gasteiger partial charge >= 0.3 is 0 Å². The second kappa shape index (κ2) is 9.82. The molecule has 0 fully saturated rings. The lowest BCUT2D eigenvalue weighted by molar-refractivity contribution is 0.129. The van der Waals surface area contributed by atoms with Crippen LogP contribution in [0.4, 0.5) is 4.39 Å². The molecule has 0 aliphatic rings. The molecule has 0 saturated heterocycles. The van der Waals surface area contributed by atoms with Crippen molar-refractivity contribution in [3.63, 3.8) is 0 Å². The first-order chi connectivity index (χ1) is 14.7. The topological polar surface area (TPSA) is 104 Å². The van der Waals surface area contributed by atoms with Crippen molar-refractivity contribution in [3.8, 4) is 34.3 Å². The summed E-state index contributed by atoms with van der Waals surface area (Å²) in [6.07, 6.45) is -0.819. The van der Waals surface area contributed by atoms with Gasteiger partial charge in [-0.3, -0.25) is 0 Å². The minimum atomic E-state index is -0.796. The summed E-state index contributed by atoms with van der Waals surface area (Å²) in [6, 6.07) is 6.85. The van der Waals surface area contributed by atoms with Gasteiger partial charge in [-0.2, -0.15) is 4.98 Å². The molecular formula is C21H22Cl2FN3O4. The Morgan fingerprint density at radius 2 is 1.87 bits per heavy atom. The van der Waals surface area contributed by atoms with E-state index in [9.17, 15) is 9.50 Å². The number of aliphatic hydroxyl groups excluding tert-OH is 1. The molecule has 2 atom stereocenters. The van der Waals surface area contributed by atoms with Gasteiger partial charge in [0.2, 0.25) is 5.82 Å². The number of ether oxygens (including phenoxy) is 2. The SMILES string of the molecule is CC(C)Oc1ccc(-c2nc(-c3cc(F)c(OC[C@H](N)[C@@H](C)O)cc3Cl)no2)cc1Cl. The summed E-state index contributed by atoms with van der Waals surface area (Å²) < 4.78 is 30.7. The molecular weight excluding hydrogens is 448 g/mol. The third-order valence-corrected chi connectivity index (χ3v) is 4.89. The van der Waals surface area contributed by atoms with Crippen molar-refractivity contribution in [2.75, 3.05) is 6.61 Å². The number of aromatic nitrogens is 2. The van der Waals surface area contributed by atoms with E-state index in [2.05, 4.69) is 10.1 Å². The Morgan fingerprint density at radius 1 is 1.13 bits per heavy atom. The highest BCUT2D eigenvalue weighted by Gasteiger charge is 2.19. The number of benzene rings is 2. The fourth-order valence-corrected chi connectivity index (χ4v) is 3.03. The highest BCUT2D eigenvalue weighted by atomic mass is 35.5. The summed E-state index contributed by atoms with van der Waals surface area (Å²) in [4.78, 5) is 4.29. The minimum absolute atomic E-state index is 0.0230. The van der Waals surface area contributed by atoms with E-state index in [1.807, 2.05) is 13.8 Å². The molecule has 10 heteroatoms. The molecule has 31 heavy (non-hydrogen) atoms. The highest BCUT2D eigenvalue weighted by Crippen LogP contribution is 2.35. The maximum absolute atomic E-state index is 14.5. The molecule has 0 amide bonds. The average Bonchev–Trinajstić information content (AvgIpc) is 3.19. The molecule has 0 spiro atoms. The second-order valence-electron chi connectivity index (χ2n) is 7.21. The van der Waals surface area contributed by atoms with Crippen LogP contribution in [0.5, 0.6) is 11.5 Å². The van der Waals surface area contributed by atoms with Crippen LogP contribution in [0, 0.1) is 5.82 Å². The predicted octanol–water partition coefficient (Wildman–Crippen LogP) is 4.72. The van der Waals surface area contributed by atoms with Crippen molar-refractivity contribution in [3.05, 3.63) is 46.2 Å². The Kier molecular flexibility index (Phi) is 7.38. The quantitative estimate of drug-likeness (QED) is 0.491. The van der Waals surface area contributed by atoms with E-state index < -0.39 is 18.0 Å². The van der Waals surface area contributed by atoms with Gasteiger partial charge in [0.1, 0.15) is 12.4 Å². The maximum atomic E-state index is 14.5. The molecule has 7 nitrogen and oxygen atoms in total. The summed E-state index contributed by atoms with van der Waals surface area (Å²) in [5.41, 5.74) is 6.50. The summed E-state index contributed by atoms with van der Waals surface area (Å²) in [5.74, 6) is 0.0523. The average molecular weight is 470 g/mol. The summed E-state index contributed by atoms with van der Waals surface area (Å²) >= 11 is 12.5. The number of nitrogens with two attached hydrogens (primary N) is 1. The Bertz CT molecular complexity index is 1060. The van der Waals surface area contributed by atoms with Gasteiger partial charge in [0.05, 0.1) is 28.3 Å². The first-order valence-electron chi connectivity index (χ1n) is 9.51. The fourth-order valence-electron chi connectivity index (χ4n) is 2.57. The van der Waals surface area contributed by atoms with Crippen molar-refractivity contribution >= 4 is 23.2 Å². The number of hydrogen-bond donors (Lipinski definition) is 2. The molecule has 0 aliphatic heterocycles. The second-order valence-corrected chi connectivity index (χ2v) is 8.03. The zero-order chi connectivity index (χ0) is 22.7. The largest absolute Gasteiger partial charge is 0.489 e. The molecule has 0 saturated carbocycles. The van der Waals surface area contributed by atoms with E-state index in [-0.39, 0.29) is 40.8 Å². The first kappa shape index (κ1) is 23.3. The lowest BCUT2D eigenvalue weighted by Gasteiger charge is -2.16. The molecule has 2 aromatic carbocycles. The molecule has 166 valence electrons. The molecule has 1 aromatic heterocycles. The fraction of sp³-hybridized carbons (Fsp3) is 0.333. The molecule has 0 unspecified atom stereocenters. The molecule has 0 bridgehead atoms. The van der Waals surface area contributed by atoms with Crippen LogP contribution in [-0.2, 0) is 0 Å². The van der Waals surface area contributed by atoms with Gasteiger partial charge in [0, 0.05) is 17.2 Å². The van der Waals surface area contributed by atoms with Crippen LogP contribution in [0.2, 0.25) is 10.0 Å². The lowest BCUT2D eigenvalue weighted by Crippen LogP contribution is -2.38. The third-order valence-electron chi connectivity index (χ3n) is 4.28. The van der Waals surface area contributed by atoms with Gasteiger partial charge in [-0.15, -0.1) is 0 Å². The number of hydrogen-bond acceptors (Lipinski definition) is 7. The van der Waals surface area contributed by atoms with Crippen molar-refractivity contribution < 1.29 is 23.5 Å². The molecule has 3 N–H and O–H groups in total. The highest BCUT2D eigenvalue weighted by molar-refractivity contribution is 6.33. The van der Waals surface area contributed by atoms with Crippen molar-refractivity contribution in [2.24, 2.45) is 5.73 Å². The lowest BCUT2D eigenvalue weighted by atomic mass is 10.2. The Morgan fingerprint density at radius 3 is 2.52 bits per heavy atom. The zero-order valence-electron chi connectivity index (χ0n) is 17.1. The summed E-state index contributed by atoms with van der Waals surface area (Å²) in [6.45, 7) is 5.24. The molecule has 3 aromatic rings. The van der Waals surface area contributed by atoms with Gasteiger partial charge in [-0.05, 0) is 45.0 Å². The van der Waals surface area contributed by atoms with Crippen LogP contribution in [-0.4, -0.2) is 40.1 Å². The molecule has 0 radical (unpaired) electrons. The number of rotatable bonds is 8. The van der Waals surface area contributed by atoms with E-state index in [1.54, 1.807) is 18.2 Å². The Hall–Kier alpha value is -2.39. The minimum Gasteiger partial charge on any atom is -0.489 e. The number of halogens is 3. The van der Waals surface area contributed by atoms with Crippen LogP contribution in [0.15, 0.2) is 34.9 Å². The standard InChI is InChI=1S/C21H22Cl2FN3O4/c1-10(2)30-18-5-4-12(6-15(18)23)21-26-20(27-31-21)13-7-16(24)19(8-14(13)22)29-9-17(25)11(3)28/h4-8,10-11,17,28H,9,25H2,1-3H3/t11-,17+/m1/s1. The van der Waals surface area contributed by atoms with Crippen LogP contribution >= 0.6 is 23.2 Å². The molecule has 3 rings (SSSR count). The monoisotopic (exact) mass is 469 g/mol. The summed E-state index contributed by atoms with van der Waals surface area (Å²) in [5, 5.41) is 13.9. The normalized spacial score (nSPS) is 13.3. The van der Waals surface area contributed by atoms with Crippen LogP contribution < -0.4 is 15.2 Å². The van der Waals surface area contributed by atoms with E-state index in [0.717, 1.165) is 6.07 Å². The van der Waals surface area contributed by atoms with Gasteiger partial charge in [0.15, 0.2) is 11.6 Å². The van der Waals surface area contributed by atoms with Gasteiger partial charge < -0.3 is 24.8 Å².